The van der Waals surface area contributed by atoms with E-state index in [2.05, 4.69) is 23.0 Å². The van der Waals surface area contributed by atoms with E-state index in [0.717, 1.165) is 44.6 Å². The molecule has 2 N–H and O–H groups in total. The lowest BCUT2D eigenvalue weighted by molar-refractivity contribution is -0.172. The zero-order chi connectivity index (χ0) is 20.0. The number of likely N-dealkylation sites (tertiary alicyclic amines) is 1. The lowest BCUT2D eigenvalue weighted by atomic mass is 9.89. The molecule has 2 aliphatic rings. The maximum atomic E-state index is 12.4. The third kappa shape index (κ3) is 5.09. The minimum absolute atomic E-state index is 0.0162. The van der Waals surface area contributed by atoms with Crippen molar-refractivity contribution in [2.24, 2.45) is 0 Å². The van der Waals surface area contributed by atoms with Gasteiger partial charge in [0.2, 0.25) is 5.91 Å². The molecule has 0 atom stereocenters. The molecule has 3 heterocycles. The highest BCUT2D eigenvalue weighted by Gasteiger charge is 2.42. The summed E-state index contributed by atoms with van der Waals surface area (Å²) >= 11 is 0. The molecular weight excluding hydrogens is 352 g/mol. The Bertz CT molecular complexity index is 751. The summed E-state index contributed by atoms with van der Waals surface area (Å²) in [6.07, 6.45) is 8.53. The van der Waals surface area contributed by atoms with Gasteiger partial charge >= 0.3 is 0 Å². The molecule has 2 saturated heterocycles. The maximum Gasteiger partial charge on any atom is 0.249 e. The van der Waals surface area contributed by atoms with Crippen molar-refractivity contribution >= 4 is 11.7 Å². The topological polar surface area (TPSA) is 71.7 Å². The molecule has 2 fully saturated rings. The number of nitrogens with zero attached hydrogens (tertiary/aromatic N) is 3. The van der Waals surface area contributed by atoms with Gasteiger partial charge in [-0.25, -0.2) is 4.98 Å². The molecule has 0 saturated carbocycles. The van der Waals surface area contributed by atoms with Crippen LogP contribution in [0.5, 0.6) is 0 Å². The Morgan fingerprint density at radius 3 is 2.79 bits per heavy atom. The number of anilines is 1. The minimum Gasteiger partial charge on any atom is -0.384 e. The number of nitrogens with two attached hydrogens (primary N) is 1. The zero-order valence-corrected chi connectivity index (χ0v) is 16.5. The van der Waals surface area contributed by atoms with Crippen molar-refractivity contribution in [1.29, 1.82) is 0 Å². The van der Waals surface area contributed by atoms with Crippen molar-refractivity contribution in [2.45, 2.75) is 31.4 Å². The van der Waals surface area contributed by atoms with Crippen LogP contribution >= 0.6 is 0 Å². The van der Waals surface area contributed by atoms with Crippen molar-refractivity contribution in [3.63, 3.8) is 0 Å². The Kier molecular flexibility index (Phi) is 6.65. The van der Waals surface area contributed by atoms with Crippen LogP contribution < -0.4 is 5.73 Å². The number of nitrogen functional groups attached to an aromatic ring is 1. The molecule has 0 aromatic carbocycles. The molecule has 3 rings (SSSR count). The first kappa shape index (κ1) is 20.3. The van der Waals surface area contributed by atoms with E-state index < -0.39 is 0 Å². The number of piperidine rings is 1. The van der Waals surface area contributed by atoms with Crippen LogP contribution in [0.2, 0.25) is 0 Å². The van der Waals surface area contributed by atoms with Gasteiger partial charge in [-0.3, -0.25) is 4.79 Å². The lowest BCUT2D eigenvalue weighted by Crippen LogP contribution is -2.58. The third-order valence-corrected chi connectivity index (χ3v) is 5.59. The molecule has 2 aliphatic heterocycles. The first-order chi connectivity index (χ1) is 13.5. The third-order valence-electron chi connectivity index (χ3n) is 5.59. The van der Waals surface area contributed by atoms with Crippen LogP contribution in [-0.4, -0.2) is 59.1 Å². The number of ether oxygens (including phenoxy) is 1. The fourth-order valence-corrected chi connectivity index (χ4v) is 3.89. The Morgan fingerprint density at radius 2 is 2.11 bits per heavy atom. The summed E-state index contributed by atoms with van der Waals surface area (Å²) in [5.41, 5.74) is 7.54. The summed E-state index contributed by atoms with van der Waals surface area (Å²) in [5, 5.41) is 0. The van der Waals surface area contributed by atoms with Gasteiger partial charge in [0.25, 0.3) is 0 Å². The van der Waals surface area contributed by atoms with Gasteiger partial charge in [-0.15, -0.1) is 0 Å². The van der Waals surface area contributed by atoms with Gasteiger partial charge in [0.1, 0.15) is 12.4 Å². The van der Waals surface area contributed by atoms with Crippen molar-refractivity contribution in [2.75, 3.05) is 38.5 Å². The summed E-state index contributed by atoms with van der Waals surface area (Å²) in [4.78, 5) is 21.0. The van der Waals surface area contributed by atoms with E-state index in [1.807, 2.05) is 29.2 Å². The van der Waals surface area contributed by atoms with E-state index in [4.69, 9.17) is 10.5 Å². The maximum absolute atomic E-state index is 12.4. The number of hydrogen-bond acceptors (Lipinski definition) is 5. The summed E-state index contributed by atoms with van der Waals surface area (Å²) in [6, 6.07) is 5.53. The van der Waals surface area contributed by atoms with E-state index in [1.54, 1.807) is 12.1 Å². The molecule has 150 valence electrons. The monoisotopic (exact) mass is 382 g/mol. The molecule has 1 aromatic heterocycles. The van der Waals surface area contributed by atoms with Crippen molar-refractivity contribution in [1.82, 2.24) is 14.8 Å². The standard InChI is InChI=1S/C22H30N4O2/c1-3-6-18(4-2)9-12-25-13-10-22(11-14-25)17-26(21(27)16-28-22)15-19-7-5-8-20(23)24-19/h3-8H,1-2,9-17H2,(H2,23,24)/b18-6+. The van der Waals surface area contributed by atoms with Gasteiger partial charge in [0.05, 0.1) is 24.4 Å². The van der Waals surface area contributed by atoms with E-state index in [-0.39, 0.29) is 18.1 Å². The summed E-state index contributed by atoms with van der Waals surface area (Å²) in [6.45, 7) is 11.8. The largest absolute Gasteiger partial charge is 0.384 e. The second kappa shape index (κ2) is 9.17. The number of pyridine rings is 1. The van der Waals surface area contributed by atoms with E-state index in [1.165, 1.54) is 5.57 Å². The number of carbonyl (C=O) groups is 1. The fourth-order valence-electron chi connectivity index (χ4n) is 3.89. The Labute approximate surface area is 167 Å². The zero-order valence-electron chi connectivity index (χ0n) is 16.5. The molecular formula is C22H30N4O2. The number of amides is 1. The Hall–Kier alpha value is -2.44. The average molecular weight is 383 g/mol. The van der Waals surface area contributed by atoms with Crippen LogP contribution in [-0.2, 0) is 16.1 Å². The molecule has 6 nitrogen and oxygen atoms in total. The van der Waals surface area contributed by atoms with E-state index >= 15 is 0 Å². The van der Waals surface area contributed by atoms with Crippen molar-refractivity contribution in [3.8, 4) is 0 Å². The predicted octanol–water partition coefficient (Wildman–Crippen LogP) is 2.55. The average Bonchev–Trinajstić information content (AvgIpc) is 2.69. The van der Waals surface area contributed by atoms with E-state index in [0.29, 0.717) is 18.9 Å². The van der Waals surface area contributed by atoms with Gasteiger partial charge in [0, 0.05) is 19.6 Å². The molecule has 0 radical (unpaired) electrons. The van der Waals surface area contributed by atoms with Gasteiger partial charge in [0.15, 0.2) is 0 Å². The second-order valence-electron chi connectivity index (χ2n) is 7.55. The minimum atomic E-state index is -0.247. The molecule has 0 bridgehead atoms. The number of aromatic nitrogens is 1. The molecule has 1 aromatic rings. The van der Waals surface area contributed by atoms with Crippen LogP contribution in [0, 0.1) is 0 Å². The summed E-state index contributed by atoms with van der Waals surface area (Å²) in [5.74, 6) is 0.494. The van der Waals surface area contributed by atoms with Crippen LogP contribution in [0.25, 0.3) is 0 Å². The quantitative estimate of drug-likeness (QED) is 0.734. The second-order valence-corrected chi connectivity index (χ2v) is 7.55. The van der Waals surface area contributed by atoms with Gasteiger partial charge in [-0.2, -0.15) is 0 Å². The van der Waals surface area contributed by atoms with Crippen molar-refractivity contribution < 1.29 is 9.53 Å². The highest BCUT2D eigenvalue weighted by Crippen LogP contribution is 2.31. The fraction of sp³-hybridized carbons (Fsp3) is 0.455. The normalized spacial score (nSPS) is 20.4. The van der Waals surface area contributed by atoms with Crippen LogP contribution in [0.3, 0.4) is 0 Å². The molecule has 0 unspecified atom stereocenters. The first-order valence-corrected chi connectivity index (χ1v) is 9.83. The van der Waals surface area contributed by atoms with E-state index in [9.17, 15) is 4.79 Å². The number of rotatable bonds is 7. The summed E-state index contributed by atoms with van der Waals surface area (Å²) in [7, 11) is 0. The smallest absolute Gasteiger partial charge is 0.249 e. The number of morpholine rings is 1. The van der Waals surface area contributed by atoms with Crippen LogP contribution in [0.1, 0.15) is 25.0 Å². The Morgan fingerprint density at radius 1 is 1.32 bits per heavy atom. The molecule has 0 aliphatic carbocycles. The lowest BCUT2D eigenvalue weighted by Gasteiger charge is -2.47. The Balaban J connectivity index is 1.55. The molecule has 1 spiro atoms. The SMILES string of the molecule is C=C/C=C(\C=C)CCN1CCC2(CC1)CN(Cc1cccc(N)n1)C(=O)CO2. The van der Waals surface area contributed by atoms with Gasteiger partial charge in [-0.05, 0) is 37.0 Å². The van der Waals surface area contributed by atoms with Gasteiger partial charge < -0.3 is 20.3 Å². The van der Waals surface area contributed by atoms with Crippen LogP contribution in [0.15, 0.2) is 55.2 Å². The summed E-state index contributed by atoms with van der Waals surface area (Å²) < 4.78 is 6.04. The highest BCUT2D eigenvalue weighted by atomic mass is 16.5. The highest BCUT2D eigenvalue weighted by molar-refractivity contribution is 5.78. The van der Waals surface area contributed by atoms with Crippen LogP contribution in [0.4, 0.5) is 5.82 Å². The first-order valence-electron chi connectivity index (χ1n) is 9.83. The predicted molar refractivity (Wildman–Crippen MR) is 112 cm³/mol. The van der Waals surface area contributed by atoms with Crippen molar-refractivity contribution in [3.05, 3.63) is 60.9 Å². The van der Waals surface area contributed by atoms with Gasteiger partial charge in [-0.1, -0.05) is 37.5 Å². The molecule has 28 heavy (non-hydrogen) atoms. The number of carbonyl (C=O) groups excluding carboxylic acids is 1. The number of allylic oxidation sites excluding steroid dienone is 3. The molecule has 6 heteroatoms. The number of hydrogen-bond donors (Lipinski definition) is 1. The molecule has 1 amide bonds.